The molecule has 1 heterocycles. The summed E-state index contributed by atoms with van der Waals surface area (Å²) in [6.07, 6.45) is 4.31. The number of amides is 1. The number of anilines is 1. The Morgan fingerprint density at radius 1 is 0.852 bits per heavy atom. The highest BCUT2D eigenvalue weighted by Crippen LogP contribution is 2.43. The van der Waals surface area contributed by atoms with Gasteiger partial charge in [0.1, 0.15) is 5.92 Å². The topological polar surface area (TPSA) is 20.3 Å². The fourth-order valence-corrected chi connectivity index (χ4v) is 3.65. The first-order valence-electron chi connectivity index (χ1n) is 9.52. The zero-order valence-electron chi connectivity index (χ0n) is 15.5. The zero-order chi connectivity index (χ0) is 18.6. The molecule has 0 aromatic heterocycles. The van der Waals surface area contributed by atoms with Crippen LogP contribution >= 0.6 is 0 Å². The first-order chi connectivity index (χ1) is 13.3. The van der Waals surface area contributed by atoms with Gasteiger partial charge in [0, 0.05) is 11.4 Å². The van der Waals surface area contributed by atoms with Gasteiger partial charge in [-0.2, -0.15) is 0 Å². The molecule has 3 aromatic rings. The standard InChI is InChI=1S/C25H23NO/c1-2-9-19-14-16-22(17-15-19)26-23(18-20-10-5-3-6-11-20)24(25(26)27)21-12-7-4-8-13-21/h3-8,10-18,24H,2,9H2,1H3/b23-18+. The zero-order valence-corrected chi connectivity index (χ0v) is 15.5. The molecule has 1 amide bonds. The van der Waals surface area contributed by atoms with Gasteiger partial charge in [-0.25, -0.2) is 0 Å². The molecule has 1 aliphatic heterocycles. The highest BCUT2D eigenvalue weighted by Gasteiger charge is 2.44. The number of nitrogens with zero attached hydrogens (tertiary/aromatic N) is 1. The normalized spacial score (nSPS) is 17.8. The van der Waals surface area contributed by atoms with Gasteiger partial charge in [-0.1, -0.05) is 86.1 Å². The number of carbonyl (C=O) groups excluding carboxylic acids is 1. The second-order valence-electron chi connectivity index (χ2n) is 6.91. The van der Waals surface area contributed by atoms with Gasteiger partial charge in [-0.15, -0.1) is 0 Å². The van der Waals surface area contributed by atoms with Crippen molar-refractivity contribution >= 4 is 17.7 Å². The molecular formula is C25H23NO. The van der Waals surface area contributed by atoms with E-state index >= 15 is 0 Å². The number of hydrogen-bond donors (Lipinski definition) is 0. The van der Waals surface area contributed by atoms with Crippen molar-refractivity contribution in [2.75, 3.05) is 4.90 Å². The Morgan fingerprint density at radius 3 is 2.11 bits per heavy atom. The summed E-state index contributed by atoms with van der Waals surface area (Å²) in [5.74, 6) is -0.0756. The van der Waals surface area contributed by atoms with Crippen molar-refractivity contribution in [2.45, 2.75) is 25.7 Å². The number of aryl methyl sites for hydroxylation is 1. The predicted molar refractivity (Wildman–Crippen MR) is 112 cm³/mol. The van der Waals surface area contributed by atoms with Crippen molar-refractivity contribution < 1.29 is 4.79 Å². The van der Waals surface area contributed by atoms with E-state index in [0.717, 1.165) is 35.4 Å². The lowest BCUT2D eigenvalue weighted by Crippen LogP contribution is -2.48. The van der Waals surface area contributed by atoms with Crippen LogP contribution in [0.2, 0.25) is 0 Å². The fourth-order valence-electron chi connectivity index (χ4n) is 3.65. The Labute approximate surface area is 160 Å². The largest absolute Gasteiger partial charge is 0.283 e. The molecule has 0 saturated carbocycles. The fraction of sp³-hybridized carbons (Fsp3) is 0.160. The van der Waals surface area contributed by atoms with E-state index in [2.05, 4.69) is 49.4 Å². The SMILES string of the molecule is CCCc1ccc(N2C(=O)C(c3ccccc3)/C2=C\c2ccccc2)cc1. The lowest BCUT2D eigenvalue weighted by atomic mass is 9.84. The molecule has 0 N–H and O–H groups in total. The van der Waals surface area contributed by atoms with Crippen molar-refractivity contribution in [3.05, 3.63) is 107 Å². The molecule has 3 aromatic carbocycles. The number of benzene rings is 3. The molecule has 1 unspecified atom stereocenters. The van der Waals surface area contributed by atoms with E-state index in [1.807, 2.05) is 53.4 Å². The molecule has 2 heteroatoms. The minimum atomic E-state index is -0.207. The van der Waals surface area contributed by atoms with Crippen LogP contribution in [0.4, 0.5) is 5.69 Å². The van der Waals surface area contributed by atoms with E-state index in [1.165, 1.54) is 5.56 Å². The summed E-state index contributed by atoms with van der Waals surface area (Å²) in [6.45, 7) is 2.18. The minimum absolute atomic E-state index is 0.131. The maximum atomic E-state index is 13.1. The van der Waals surface area contributed by atoms with E-state index in [1.54, 1.807) is 0 Å². The molecule has 27 heavy (non-hydrogen) atoms. The van der Waals surface area contributed by atoms with E-state index in [9.17, 15) is 4.79 Å². The van der Waals surface area contributed by atoms with Gasteiger partial charge in [0.15, 0.2) is 0 Å². The third-order valence-corrected chi connectivity index (χ3v) is 5.00. The summed E-state index contributed by atoms with van der Waals surface area (Å²) in [5.41, 5.74) is 5.43. The lowest BCUT2D eigenvalue weighted by Gasteiger charge is -2.42. The van der Waals surface area contributed by atoms with Gasteiger partial charge >= 0.3 is 0 Å². The predicted octanol–water partition coefficient (Wildman–Crippen LogP) is 5.81. The van der Waals surface area contributed by atoms with E-state index in [0.29, 0.717) is 0 Å². The van der Waals surface area contributed by atoms with Crippen LogP contribution < -0.4 is 4.90 Å². The summed E-state index contributed by atoms with van der Waals surface area (Å²) >= 11 is 0. The number of rotatable bonds is 5. The third kappa shape index (κ3) is 3.43. The lowest BCUT2D eigenvalue weighted by molar-refractivity contribution is -0.122. The highest BCUT2D eigenvalue weighted by molar-refractivity contribution is 6.13. The quantitative estimate of drug-likeness (QED) is 0.530. The molecule has 0 radical (unpaired) electrons. The Balaban J connectivity index is 1.72. The summed E-state index contributed by atoms with van der Waals surface area (Å²) in [4.78, 5) is 14.9. The molecule has 134 valence electrons. The molecule has 0 spiro atoms. The highest BCUT2D eigenvalue weighted by atomic mass is 16.2. The molecule has 2 nitrogen and oxygen atoms in total. The van der Waals surface area contributed by atoms with E-state index in [4.69, 9.17) is 0 Å². The summed E-state index contributed by atoms with van der Waals surface area (Å²) in [7, 11) is 0. The van der Waals surface area contributed by atoms with Crippen LogP contribution in [-0.4, -0.2) is 5.91 Å². The Morgan fingerprint density at radius 2 is 1.48 bits per heavy atom. The van der Waals surface area contributed by atoms with Crippen LogP contribution in [0, 0.1) is 0 Å². The number of hydrogen-bond acceptors (Lipinski definition) is 1. The van der Waals surface area contributed by atoms with Crippen LogP contribution in [0.3, 0.4) is 0 Å². The van der Waals surface area contributed by atoms with Crippen LogP contribution in [-0.2, 0) is 11.2 Å². The van der Waals surface area contributed by atoms with Gasteiger partial charge in [-0.05, 0) is 41.3 Å². The monoisotopic (exact) mass is 353 g/mol. The van der Waals surface area contributed by atoms with Crippen molar-refractivity contribution in [3.63, 3.8) is 0 Å². The maximum absolute atomic E-state index is 13.1. The first kappa shape index (κ1) is 17.3. The maximum Gasteiger partial charge on any atom is 0.244 e. The van der Waals surface area contributed by atoms with Gasteiger partial charge in [-0.3, -0.25) is 9.69 Å². The van der Waals surface area contributed by atoms with Crippen molar-refractivity contribution in [2.24, 2.45) is 0 Å². The molecule has 1 saturated heterocycles. The van der Waals surface area contributed by atoms with E-state index < -0.39 is 0 Å². The summed E-state index contributed by atoms with van der Waals surface area (Å²) in [5, 5.41) is 0. The van der Waals surface area contributed by atoms with E-state index in [-0.39, 0.29) is 11.8 Å². The molecule has 1 atom stereocenters. The summed E-state index contributed by atoms with van der Waals surface area (Å²) < 4.78 is 0. The Hall–Kier alpha value is -3.13. The Bertz CT molecular complexity index is 943. The molecular weight excluding hydrogens is 330 g/mol. The Kier molecular flexibility index (Phi) is 4.88. The van der Waals surface area contributed by atoms with Gasteiger partial charge in [0.2, 0.25) is 5.91 Å². The molecule has 1 aliphatic rings. The van der Waals surface area contributed by atoms with Crippen LogP contribution in [0.25, 0.3) is 6.08 Å². The number of β-lactam (4-membered cyclic amide) rings is 1. The smallest absolute Gasteiger partial charge is 0.244 e. The summed E-state index contributed by atoms with van der Waals surface area (Å²) in [6, 6.07) is 28.6. The van der Waals surface area contributed by atoms with Gasteiger partial charge in [0.05, 0.1) is 0 Å². The number of carbonyl (C=O) groups is 1. The van der Waals surface area contributed by atoms with Crippen molar-refractivity contribution in [3.8, 4) is 0 Å². The van der Waals surface area contributed by atoms with Crippen molar-refractivity contribution in [1.82, 2.24) is 0 Å². The molecule has 0 aliphatic carbocycles. The van der Waals surface area contributed by atoms with Crippen LogP contribution in [0.15, 0.2) is 90.6 Å². The minimum Gasteiger partial charge on any atom is -0.283 e. The average molecular weight is 353 g/mol. The molecule has 1 fully saturated rings. The van der Waals surface area contributed by atoms with Crippen LogP contribution in [0.1, 0.15) is 36.0 Å². The molecule has 0 bridgehead atoms. The van der Waals surface area contributed by atoms with Crippen molar-refractivity contribution in [1.29, 1.82) is 0 Å². The second kappa shape index (κ2) is 7.63. The van der Waals surface area contributed by atoms with Crippen LogP contribution in [0.5, 0.6) is 0 Å². The molecule has 4 rings (SSSR count). The van der Waals surface area contributed by atoms with Gasteiger partial charge < -0.3 is 0 Å². The average Bonchev–Trinajstić information content (AvgIpc) is 2.71. The second-order valence-corrected chi connectivity index (χ2v) is 6.91. The first-order valence-corrected chi connectivity index (χ1v) is 9.52. The van der Waals surface area contributed by atoms with Gasteiger partial charge in [0.25, 0.3) is 0 Å². The third-order valence-electron chi connectivity index (χ3n) is 5.00.